The zero-order valence-electron chi connectivity index (χ0n) is 7.47. The van der Waals surface area contributed by atoms with Crippen LogP contribution in [0.5, 0.6) is 0 Å². The Labute approximate surface area is 84.8 Å². The molecule has 14 heavy (non-hydrogen) atoms. The smallest absolute Gasteiger partial charge is 0.207 e. The second kappa shape index (κ2) is 3.63. The summed E-state index contributed by atoms with van der Waals surface area (Å²) in [6.07, 6.45) is 4.57. The van der Waals surface area contributed by atoms with Crippen LogP contribution in [0.25, 0.3) is 0 Å². The van der Waals surface area contributed by atoms with Crippen LogP contribution >= 0.6 is 11.5 Å². The Morgan fingerprint density at radius 1 is 1.50 bits per heavy atom. The summed E-state index contributed by atoms with van der Waals surface area (Å²) in [4.78, 5) is 20.2. The van der Waals surface area contributed by atoms with Gasteiger partial charge in [-0.3, -0.25) is 4.79 Å². The molecule has 0 unspecified atom stereocenters. The highest BCUT2D eigenvalue weighted by Crippen LogP contribution is 2.13. The van der Waals surface area contributed by atoms with Crippen LogP contribution < -0.4 is 0 Å². The predicted octanol–water partition coefficient (Wildman–Crippen LogP) is 1.47. The topological polar surface area (TPSA) is 55.7 Å². The highest BCUT2D eigenvalue weighted by molar-refractivity contribution is 7.08. The van der Waals surface area contributed by atoms with Gasteiger partial charge in [-0.1, -0.05) is 0 Å². The Kier molecular flexibility index (Phi) is 2.32. The molecule has 2 aromatic rings. The van der Waals surface area contributed by atoms with Gasteiger partial charge in [0.15, 0.2) is 0 Å². The van der Waals surface area contributed by atoms with E-state index in [9.17, 15) is 4.79 Å². The molecule has 0 bridgehead atoms. The van der Waals surface area contributed by atoms with Gasteiger partial charge in [0, 0.05) is 12.4 Å². The van der Waals surface area contributed by atoms with Crippen molar-refractivity contribution in [1.29, 1.82) is 0 Å². The van der Waals surface area contributed by atoms with E-state index in [2.05, 4.69) is 14.3 Å². The number of carbonyl (C=O) groups is 1. The van der Waals surface area contributed by atoms with E-state index < -0.39 is 0 Å². The molecule has 5 heteroatoms. The van der Waals surface area contributed by atoms with Gasteiger partial charge in [0.1, 0.15) is 6.33 Å². The second-order valence-electron chi connectivity index (χ2n) is 2.73. The van der Waals surface area contributed by atoms with Gasteiger partial charge in [-0.2, -0.15) is 0 Å². The first-order valence-electron chi connectivity index (χ1n) is 4.01. The average molecular weight is 205 g/mol. The molecule has 0 atom stereocenters. The Balaban J connectivity index is 2.42. The van der Waals surface area contributed by atoms with E-state index in [0.29, 0.717) is 16.1 Å². The van der Waals surface area contributed by atoms with Crippen molar-refractivity contribution in [3.8, 4) is 0 Å². The third-order valence-corrected chi connectivity index (χ3v) is 2.56. The molecule has 0 aliphatic rings. The minimum Gasteiger partial charge on any atom is -0.288 e. The Bertz CT molecular complexity index is 453. The summed E-state index contributed by atoms with van der Waals surface area (Å²) in [5, 5.41) is 0. The van der Waals surface area contributed by atoms with Crippen molar-refractivity contribution in [2.45, 2.75) is 6.92 Å². The van der Waals surface area contributed by atoms with Gasteiger partial charge in [-0.05, 0) is 24.5 Å². The van der Waals surface area contributed by atoms with Gasteiger partial charge in [0.05, 0.1) is 16.1 Å². The summed E-state index contributed by atoms with van der Waals surface area (Å²) >= 11 is 1.18. The maximum atomic E-state index is 11.8. The summed E-state index contributed by atoms with van der Waals surface area (Å²) in [6, 6.07) is 1.69. The van der Waals surface area contributed by atoms with Crippen LogP contribution in [0.2, 0.25) is 0 Å². The monoisotopic (exact) mass is 205 g/mol. The number of nitrogens with zero attached hydrogens (tertiary/aromatic N) is 3. The Hall–Kier alpha value is -1.62. The van der Waals surface area contributed by atoms with Gasteiger partial charge in [0.2, 0.25) is 5.78 Å². The molecule has 0 saturated carbocycles. The highest BCUT2D eigenvalue weighted by atomic mass is 32.1. The lowest BCUT2D eigenvalue weighted by atomic mass is 10.1. The molecule has 0 amide bonds. The zero-order chi connectivity index (χ0) is 9.97. The molecule has 0 fully saturated rings. The number of aryl methyl sites for hydroxylation is 1. The fraction of sp³-hybridized carbons (Fsp3) is 0.111. The van der Waals surface area contributed by atoms with E-state index in [4.69, 9.17) is 0 Å². The van der Waals surface area contributed by atoms with Crippen molar-refractivity contribution in [1.82, 2.24) is 14.3 Å². The predicted molar refractivity (Wildman–Crippen MR) is 52.3 cm³/mol. The van der Waals surface area contributed by atoms with E-state index in [1.807, 2.05) is 0 Å². The zero-order valence-corrected chi connectivity index (χ0v) is 8.28. The van der Waals surface area contributed by atoms with Gasteiger partial charge < -0.3 is 0 Å². The minimum atomic E-state index is -0.0643. The molecule has 2 aromatic heterocycles. The first kappa shape index (κ1) is 8.96. The average Bonchev–Trinajstić information content (AvgIpc) is 2.70. The lowest BCUT2D eigenvalue weighted by Gasteiger charge is -1.99. The van der Waals surface area contributed by atoms with Gasteiger partial charge in [-0.25, -0.2) is 14.3 Å². The molecule has 2 heterocycles. The summed E-state index contributed by atoms with van der Waals surface area (Å²) in [5.41, 5.74) is 1.23. The lowest BCUT2D eigenvalue weighted by molar-refractivity contribution is 0.104. The largest absolute Gasteiger partial charge is 0.288 e. The molecule has 0 aromatic carbocycles. The minimum absolute atomic E-state index is 0.0643. The van der Waals surface area contributed by atoms with Crippen molar-refractivity contribution in [2.75, 3.05) is 0 Å². The Morgan fingerprint density at radius 2 is 2.36 bits per heavy atom. The number of ketones is 1. The van der Waals surface area contributed by atoms with E-state index in [1.165, 1.54) is 24.1 Å². The highest BCUT2D eigenvalue weighted by Gasteiger charge is 2.13. The van der Waals surface area contributed by atoms with Crippen molar-refractivity contribution >= 4 is 17.3 Å². The maximum absolute atomic E-state index is 11.8. The molecule has 4 nitrogen and oxygen atoms in total. The fourth-order valence-corrected chi connectivity index (χ4v) is 1.63. The summed E-state index contributed by atoms with van der Waals surface area (Å²) in [5.74, 6) is -0.0643. The van der Waals surface area contributed by atoms with Crippen molar-refractivity contribution < 1.29 is 4.79 Å². The lowest BCUT2D eigenvalue weighted by Crippen LogP contribution is -2.03. The van der Waals surface area contributed by atoms with Crippen LogP contribution in [0, 0.1) is 6.92 Å². The second-order valence-corrected chi connectivity index (χ2v) is 3.56. The summed E-state index contributed by atoms with van der Waals surface area (Å²) in [7, 11) is 0. The quantitative estimate of drug-likeness (QED) is 0.697. The maximum Gasteiger partial charge on any atom is 0.207 e. The molecule has 0 spiro atoms. The van der Waals surface area contributed by atoms with Crippen LogP contribution in [0.3, 0.4) is 0 Å². The first-order valence-corrected chi connectivity index (χ1v) is 4.78. The van der Waals surface area contributed by atoms with Crippen LogP contribution in [-0.4, -0.2) is 20.1 Å². The van der Waals surface area contributed by atoms with Crippen LogP contribution in [0.1, 0.15) is 20.9 Å². The molecule has 0 aliphatic heterocycles. The Morgan fingerprint density at radius 3 is 3.00 bits per heavy atom. The number of hydrogen-bond donors (Lipinski definition) is 0. The van der Waals surface area contributed by atoms with E-state index in [0.717, 1.165) is 0 Å². The molecule has 2 rings (SSSR count). The number of hydrogen-bond acceptors (Lipinski definition) is 5. The third kappa shape index (κ3) is 1.54. The van der Waals surface area contributed by atoms with Crippen LogP contribution in [-0.2, 0) is 0 Å². The third-order valence-electron chi connectivity index (χ3n) is 1.82. The van der Waals surface area contributed by atoms with E-state index in [1.54, 1.807) is 19.2 Å². The number of carbonyl (C=O) groups excluding carboxylic acids is 1. The molecular formula is C9H7N3OS. The van der Waals surface area contributed by atoms with E-state index >= 15 is 0 Å². The van der Waals surface area contributed by atoms with Gasteiger partial charge >= 0.3 is 0 Å². The normalized spacial score (nSPS) is 10.1. The van der Waals surface area contributed by atoms with Gasteiger partial charge in [0.25, 0.3) is 0 Å². The number of rotatable bonds is 2. The standard InChI is InChI=1S/C9H7N3OS/c1-6-7(4-10-5-11-6)9(13)8-2-3-12-14-8/h2-5H,1H3. The fourth-order valence-electron chi connectivity index (χ4n) is 1.08. The van der Waals surface area contributed by atoms with Crippen LogP contribution in [0.4, 0.5) is 0 Å². The van der Waals surface area contributed by atoms with Crippen molar-refractivity contribution in [3.05, 3.63) is 40.9 Å². The number of aromatic nitrogens is 3. The van der Waals surface area contributed by atoms with Crippen molar-refractivity contribution in [3.63, 3.8) is 0 Å². The molecular weight excluding hydrogens is 198 g/mol. The van der Waals surface area contributed by atoms with Crippen molar-refractivity contribution in [2.24, 2.45) is 0 Å². The summed E-state index contributed by atoms with van der Waals surface area (Å²) in [6.45, 7) is 1.79. The van der Waals surface area contributed by atoms with Crippen LogP contribution in [0.15, 0.2) is 24.8 Å². The molecule has 70 valence electrons. The SMILES string of the molecule is Cc1ncncc1C(=O)c1ccns1. The summed E-state index contributed by atoms with van der Waals surface area (Å²) < 4.78 is 3.88. The molecule has 0 radical (unpaired) electrons. The first-order chi connectivity index (χ1) is 6.79. The van der Waals surface area contributed by atoms with E-state index in [-0.39, 0.29) is 5.78 Å². The molecule has 0 saturated heterocycles. The molecule has 0 N–H and O–H groups in total. The van der Waals surface area contributed by atoms with Gasteiger partial charge in [-0.15, -0.1) is 0 Å². The molecule has 0 aliphatic carbocycles.